The van der Waals surface area contributed by atoms with Crippen molar-refractivity contribution in [1.82, 2.24) is 9.80 Å². The lowest BCUT2D eigenvalue weighted by molar-refractivity contribution is 0.0258. The summed E-state index contributed by atoms with van der Waals surface area (Å²) in [6, 6.07) is 1.66. The molecule has 0 spiro atoms. The second kappa shape index (κ2) is 6.58. The van der Waals surface area contributed by atoms with E-state index in [1.165, 1.54) is 45.4 Å². The molecule has 0 N–H and O–H groups in total. The van der Waals surface area contributed by atoms with Gasteiger partial charge in [-0.15, -0.1) is 0 Å². The molecule has 2 heteroatoms. The Morgan fingerprint density at radius 3 is 2.32 bits per heavy atom. The highest BCUT2D eigenvalue weighted by Crippen LogP contribution is 2.29. The lowest BCUT2D eigenvalue weighted by Gasteiger charge is -2.45. The summed E-state index contributed by atoms with van der Waals surface area (Å²) in [7, 11) is 0. The molecule has 0 amide bonds. The van der Waals surface area contributed by atoms with Crippen LogP contribution in [-0.2, 0) is 0 Å². The first-order valence-electron chi connectivity index (χ1n) is 8.51. The summed E-state index contributed by atoms with van der Waals surface area (Å²) in [5.41, 5.74) is 0. The minimum atomic E-state index is 0.800. The van der Waals surface area contributed by atoms with E-state index in [0.29, 0.717) is 0 Å². The van der Waals surface area contributed by atoms with Gasteiger partial charge in [0.05, 0.1) is 0 Å². The number of rotatable bonds is 5. The topological polar surface area (TPSA) is 6.48 Å². The molecule has 0 aromatic carbocycles. The molecule has 0 bridgehead atoms. The molecule has 2 saturated heterocycles. The fourth-order valence-corrected chi connectivity index (χ4v) is 4.22. The predicted molar refractivity (Wildman–Crippen MR) is 83.4 cm³/mol. The number of fused-ring (bicyclic) bond motifs is 1. The standard InChI is InChI=1S/C17H34N2/c1-6-15-10-18-9-7-8-16(18)11-19(15)12-17(13(2)3)14(4)5/h13-17H,6-12H2,1-5H3. The minimum absolute atomic E-state index is 0.800. The van der Waals surface area contributed by atoms with Gasteiger partial charge in [-0.3, -0.25) is 9.80 Å². The lowest BCUT2D eigenvalue weighted by Crippen LogP contribution is -2.57. The van der Waals surface area contributed by atoms with Gasteiger partial charge in [0.1, 0.15) is 0 Å². The van der Waals surface area contributed by atoms with Crippen molar-refractivity contribution in [3.05, 3.63) is 0 Å². The fourth-order valence-electron chi connectivity index (χ4n) is 4.22. The molecule has 2 fully saturated rings. The maximum atomic E-state index is 2.83. The molecule has 2 unspecified atom stereocenters. The third kappa shape index (κ3) is 3.52. The molecule has 0 aliphatic carbocycles. The molecule has 0 saturated carbocycles. The summed E-state index contributed by atoms with van der Waals surface area (Å²) < 4.78 is 0. The van der Waals surface area contributed by atoms with Crippen molar-refractivity contribution in [1.29, 1.82) is 0 Å². The van der Waals surface area contributed by atoms with Gasteiger partial charge in [0, 0.05) is 31.7 Å². The van der Waals surface area contributed by atoms with Gasteiger partial charge >= 0.3 is 0 Å². The molecule has 112 valence electrons. The van der Waals surface area contributed by atoms with E-state index in [2.05, 4.69) is 44.4 Å². The SMILES string of the molecule is CCC1CN2CCCC2CN1CC(C(C)C)C(C)C. The quantitative estimate of drug-likeness (QED) is 0.752. The molecule has 2 rings (SSSR count). The zero-order valence-corrected chi connectivity index (χ0v) is 13.7. The summed E-state index contributed by atoms with van der Waals surface area (Å²) in [4.78, 5) is 5.58. The van der Waals surface area contributed by atoms with Crippen LogP contribution in [0.3, 0.4) is 0 Å². The van der Waals surface area contributed by atoms with Gasteiger partial charge in [0.2, 0.25) is 0 Å². The second-order valence-electron chi connectivity index (χ2n) is 7.46. The monoisotopic (exact) mass is 266 g/mol. The van der Waals surface area contributed by atoms with Crippen LogP contribution in [0, 0.1) is 17.8 Å². The zero-order chi connectivity index (χ0) is 14.0. The van der Waals surface area contributed by atoms with E-state index < -0.39 is 0 Å². The Bertz CT molecular complexity index is 266. The minimum Gasteiger partial charge on any atom is -0.298 e. The molecule has 0 aromatic rings. The largest absolute Gasteiger partial charge is 0.298 e. The first-order chi connectivity index (χ1) is 9.02. The maximum Gasteiger partial charge on any atom is 0.0224 e. The summed E-state index contributed by atoms with van der Waals surface area (Å²) in [6.07, 6.45) is 4.17. The van der Waals surface area contributed by atoms with E-state index in [-0.39, 0.29) is 0 Å². The van der Waals surface area contributed by atoms with Gasteiger partial charge in [-0.25, -0.2) is 0 Å². The first kappa shape index (κ1) is 15.3. The summed E-state index contributed by atoms with van der Waals surface area (Å²) in [6.45, 7) is 17.3. The van der Waals surface area contributed by atoms with Crippen LogP contribution in [0.25, 0.3) is 0 Å². The number of hydrogen-bond donors (Lipinski definition) is 0. The molecule has 2 nitrogen and oxygen atoms in total. The highest BCUT2D eigenvalue weighted by Gasteiger charge is 2.36. The third-order valence-electron chi connectivity index (χ3n) is 5.54. The number of piperazine rings is 1. The zero-order valence-electron chi connectivity index (χ0n) is 13.7. The average molecular weight is 266 g/mol. The average Bonchev–Trinajstić information content (AvgIpc) is 2.80. The summed E-state index contributed by atoms with van der Waals surface area (Å²) in [5, 5.41) is 0. The molecule has 2 atom stereocenters. The Labute approximate surface area is 120 Å². The smallest absolute Gasteiger partial charge is 0.0224 e. The summed E-state index contributed by atoms with van der Waals surface area (Å²) >= 11 is 0. The van der Waals surface area contributed by atoms with Crippen LogP contribution in [0.1, 0.15) is 53.9 Å². The van der Waals surface area contributed by atoms with Gasteiger partial charge in [-0.1, -0.05) is 34.6 Å². The molecule has 2 aliphatic rings. The molecular weight excluding hydrogens is 232 g/mol. The van der Waals surface area contributed by atoms with Crippen molar-refractivity contribution in [2.24, 2.45) is 17.8 Å². The molecule has 2 aliphatic heterocycles. The highest BCUT2D eigenvalue weighted by molar-refractivity contribution is 4.92. The Hall–Kier alpha value is -0.0800. The van der Waals surface area contributed by atoms with Crippen LogP contribution >= 0.6 is 0 Å². The van der Waals surface area contributed by atoms with E-state index in [0.717, 1.165) is 29.8 Å². The number of hydrogen-bond acceptors (Lipinski definition) is 2. The van der Waals surface area contributed by atoms with Gasteiger partial charge in [0.25, 0.3) is 0 Å². The van der Waals surface area contributed by atoms with Crippen LogP contribution in [0.5, 0.6) is 0 Å². The Balaban J connectivity index is 2.00. The lowest BCUT2D eigenvalue weighted by atomic mass is 9.84. The fraction of sp³-hybridized carbons (Fsp3) is 1.00. The van der Waals surface area contributed by atoms with E-state index in [4.69, 9.17) is 0 Å². The van der Waals surface area contributed by atoms with Gasteiger partial charge in [-0.05, 0) is 43.6 Å². The van der Waals surface area contributed by atoms with E-state index in [9.17, 15) is 0 Å². The maximum absolute atomic E-state index is 2.83. The van der Waals surface area contributed by atoms with Crippen molar-refractivity contribution in [3.63, 3.8) is 0 Å². The normalized spacial score (nSPS) is 29.7. The molecular formula is C17H34N2. The van der Waals surface area contributed by atoms with E-state index >= 15 is 0 Å². The van der Waals surface area contributed by atoms with Crippen LogP contribution < -0.4 is 0 Å². The molecule has 2 heterocycles. The van der Waals surface area contributed by atoms with Crippen molar-refractivity contribution in [3.8, 4) is 0 Å². The van der Waals surface area contributed by atoms with Crippen molar-refractivity contribution in [2.75, 3.05) is 26.2 Å². The second-order valence-corrected chi connectivity index (χ2v) is 7.46. The Morgan fingerprint density at radius 2 is 1.74 bits per heavy atom. The van der Waals surface area contributed by atoms with Gasteiger partial charge in [0.15, 0.2) is 0 Å². The van der Waals surface area contributed by atoms with Crippen molar-refractivity contribution >= 4 is 0 Å². The van der Waals surface area contributed by atoms with Crippen molar-refractivity contribution < 1.29 is 0 Å². The molecule has 19 heavy (non-hydrogen) atoms. The van der Waals surface area contributed by atoms with E-state index in [1.807, 2.05) is 0 Å². The molecule has 0 radical (unpaired) electrons. The Morgan fingerprint density at radius 1 is 1.05 bits per heavy atom. The van der Waals surface area contributed by atoms with Crippen LogP contribution in [0.4, 0.5) is 0 Å². The summed E-state index contributed by atoms with van der Waals surface area (Å²) in [5.74, 6) is 2.46. The van der Waals surface area contributed by atoms with Crippen LogP contribution in [-0.4, -0.2) is 48.1 Å². The Kier molecular flexibility index (Phi) is 5.30. The number of nitrogens with zero attached hydrogens (tertiary/aromatic N) is 2. The van der Waals surface area contributed by atoms with Gasteiger partial charge in [-0.2, -0.15) is 0 Å². The van der Waals surface area contributed by atoms with E-state index in [1.54, 1.807) is 0 Å². The first-order valence-corrected chi connectivity index (χ1v) is 8.51. The molecule has 0 aromatic heterocycles. The third-order valence-corrected chi connectivity index (χ3v) is 5.54. The van der Waals surface area contributed by atoms with Crippen LogP contribution in [0.2, 0.25) is 0 Å². The van der Waals surface area contributed by atoms with Gasteiger partial charge < -0.3 is 0 Å². The highest BCUT2D eigenvalue weighted by atomic mass is 15.3. The van der Waals surface area contributed by atoms with Crippen molar-refractivity contribution in [2.45, 2.75) is 66.0 Å². The predicted octanol–water partition coefficient (Wildman–Crippen LogP) is 3.47. The van der Waals surface area contributed by atoms with Crippen LogP contribution in [0.15, 0.2) is 0 Å².